The quantitative estimate of drug-likeness (QED) is 0.0352. The van der Waals surface area contributed by atoms with E-state index in [0.29, 0.717) is 48.5 Å². The summed E-state index contributed by atoms with van der Waals surface area (Å²) in [4.78, 5) is 93.7. The maximum Gasteiger partial charge on any atom is 0.261 e. The fourth-order valence-corrected chi connectivity index (χ4v) is 25.7. The second-order valence-electron chi connectivity index (χ2n) is 40.4. The monoisotopic (exact) mass is 1870 g/mol. The predicted octanol–water partition coefficient (Wildman–Crippen LogP) is 36.9. The standard InChI is InChI=1S/C118H180N6O4S4/c1-9-17-25-33-41-45-53-61-73-93(69-57-49-37-29-21-13-5)89-121-111(103-83-79-99(129-103)97-77-65-67-87-119-97)107-109(117(121)127)113(123(115(107)125)91-95(71-59-51-39-31-23-15-7)75-63-55-47-43-35-27-19-11-3)105-85-81-101(131-105)102-82-86-106(132-102)114-110-108(116(126)124(114)92-96(72-60-52-40-32-24-16-8)76-64-56-48-44-36-28-20-12-4)112(104-84-80-100(130-104)98-78-66-68-88-120-98)122(118(110)128)90-94(70-58-50-38-30-22-14-6)74-62-54-46-42-34-26-18-10-2/h65-68,77-88,93-96H,9-64,69-76,89-92H2,1-8H3. The fourth-order valence-electron chi connectivity index (χ4n) is 21.4. The van der Waals surface area contributed by atoms with E-state index in [2.05, 4.69) is 148 Å². The van der Waals surface area contributed by atoms with E-state index < -0.39 is 0 Å². The second-order valence-corrected chi connectivity index (χ2v) is 44.7. The number of carbonyl (C=O) groups excluding carboxylic acids is 4. The number of rotatable bonds is 79. The number of amides is 4. The number of fused-ring (bicyclic) bond motifs is 2. The first-order chi connectivity index (χ1) is 65.0. The van der Waals surface area contributed by atoms with Crippen molar-refractivity contribution >= 4 is 91.8 Å². The highest BCUT2D eigenvalue weighted by Gasteiger charge is 2.52. The lowest BCUT2D eigenvalue weighted by Crippen LogP contribution is -2.34. The highest BCUT2D eigenvalue weighted by atomic mass is 32.1. The molecule has 4 aliphatic heterocycles. The van der Waals surface area contributed by atoms with Crippen LogP contribution in [0.1, 0.15) is 486 Å². The van der Waals surface area contributed by atoms with Gasteiger partial charge in [0.25, 0.3) is 23.6 Å². The van der Waals surface area contributed by atoms with Crippen molar-refractivity contribution in [3.63, 3.8) is 0 Å². The Morgan fingerprint density at radius 3 is 0.553 bits per heavy atom. The Balaban J connectivity index is 1.11. The maximum absolute atomic E-state index is 16.9. The molecular weight excluding hydrogens is 1690 g/mol. The minimum atomic E-state index is -0.0288. The summed E-state index contributed by atoms with van der Waals surface area (Å²) in [6.07, 6.45) is 81.9. The van der Waals surface area contributed by atoms with Crippen molar-refractivity contribution in [1.82, 2.24) is 29.6 Å². The van der Waals surface area contributed by atoms with E-state index in [4.69, 9.17) is 9.97 Å². The smallest absolute Gasteiger partial charge is 0.261 e. The molecule has 6 aromatic heterocycles. The van der Waals surface area contributed by atoms with Crippen molar-refractivity contribution in [2.24, 2.45) is 23.7 Å². The normalized spacial score (nSPS) is 15.1. The van der Waals surface area contributed by atoms with Crippen LogP contribution in [0.15, 0.2) is 120 Å². The summed E-state index contributed by atoms with van der Waals surface area (Å²) in [6.45, 7) is 20.7. The summed E-state index contributed by atoms with van der Waals surface area (Å²) in [5.41, 5.74) is 7.29. The van der Waals surface area contributed by atoms with Crippen molar-refractivity contribution in [3.05, 3.63) is 139 Å². The van der Waals surface area contributed by atoms with Crippen molar-refractivity contribution in [3.8, 4) is 30.9 Å². The topological polar surface area (TPSA) is 107 Å². The Morgan fingerprint density at radius 1 is 0.205 bits per heavy atom. The molecular formula is C118H180N6O4S4. The van der Waals surface area contributed by atoms with Crippen molar-refractivity contribution in [2.75, 3.05) is 26.2 Å². The van der Waals surface area contributed by atoms with Crippen molar-refractivity contribution < 1.29 is 19.2 Å². The van der Waals surface area contributed by atoms with Crippen LogP contribution in [0.5, 0.6) is 0 Å². The summed E-state index contributed by atoms with van der Waals surface area (Å²) in [5, 5.41) is 0. The number of nitrogens with zero attached hydrogens (tertiary/aromatic N) is 6. The van der Waals surface area contributed by atoms with Gasteiger partial charge in [-0.2, -0.15) is 0 Å². The Morgan fingerprint density at radius 2 is 0.371 bits per heavy atom. The molecule has 4 unspecified atom stereocenters. The van der Waals surface area contributed by atoms with Gasteiger partial charge in [0.2, 0.25) is 0 Å². The lowest BCUT2D eigenvalue weighted by molar-refractivity contribution is -0.124. The van der Waals surface area contributed by atoms with Crippen LogP contribution >= 0.6 is 45.3 Å². The lowest BCUT2D eigenvalue weighted by Gasteiger charge is -2.29. The van der Waals surface area contributed by atoms with Crippen LogP contribution in [0.25, 0.3) is 53.7 Å². The van der Waals surface area contributed by atoms with Gasteiger partial charge < -0.3 is 19.6 Å². The molecule has 0 aliphatic carbocycles. The van der Waals surface area contributed by atoms with E-state index in [1.54, 1.807) is 45.3 Å². The molecule has 0 fully saturated rings. The number of aromatic nitrogens is 2. The van der Waals surface area contributed by atoms with Crippen molar-refractivity contribution in [1.29, 1.82) is 0 Å². The maximum atomic E-state index is 16.9. The summed E-state index contributed by atoms with van der Waals surface area (Å²) < 4.78 is 0. The molecule has 0 spiro atoms. The predicted molar refractivity (Wildman–Crippen MR) is 572 cm³/mol. The zero-order valence-electron chi connectivity index (χ0n) is 84.6. The van der Waals surface area contributed by atoms with Gasteiger partial charge in [0.1, 0.15) is 0 Å². The Kier molecular flexibility index (Phi) is 51.9. The second kappa shape index (κ2) is 63.4. The van der Waals surface area contributed by atoms with E-state index in [0.717, 1.165) is 176 Å². The number of pyridine rings is 2. The highest BCUT2D eigenvalue weighted by molar-refractivity contribution is 7.23. The van der Waals surface area contributed by atoms with Gasteiger partial charge in [-0.05, 0) is 148 Å². The summed E-state index contributed by atoms with van der Waals surface area (Å²) in [6, 6.07) is 29.9. The van der Waals surface area contributed by atoms with Gasteiger partial charge in [-0.1, -0.05) is 427 Å². The van der Waals surface area contributed by atoms with Gasteiger partial charge in [-0.25, -0.2) is 0 Å². The van der Waals surface area contributed by atoms with Crippen LogP contribution in [0.3, 0.4) is 0 Å². The van der Waals surface area contributed by atoms with E-state index in [1.807, 2.05) is 24.5 Å². The number of thiophene rings is 4. The van der Waals surface area contributed by atoms with Crippen molar-refractivity contribution in [2.45, 2.75) is 466 Å². The first-order valence-electron chi connectivity index (χ1n) is 55.5. The molecule has 0 N–H and O–H groups in total. The SMILES string of the molecule is CCCCCCCCCCC(CCCCCCCC)CN1C(=O)C2=C(c3ccc(-c4ccc(C5=C6C(=O)N(CC(CCCCCCCC)CCCCCCCCCC)C(c7ccc(-c8ccccn8)s7)=C6C(=O)N5CC(CCCCCCCC)CCCCCCCCCC)s4)s3)N(CC(CCCCCCCC)CCCCCCCCCC)C(=O)C2=C1c1ccc(-c2ccccn2)s1. The zero-order valence-corrected chi connectivity index (χ0v) is 87.8. The van der Waals surface area contributed by atoms with Gasteiger partial charge in [0.15, 0.2) is 0 Å². The van der Waals surface area contributed by atoms with E-state index in [9.17, 15) is 0 Å². The molecule has 6 aromatic rings. The number of hydrogen-bond acceptors (Lipinski definition) is 10. The van der Waals surface area contributed by atoms with E-state index >= 15 is 19.2 Å². The average molecular weight is 1880 g/mol. The van der Waals surface area contributed by atoms with Gasteiger partial charge in [0, 0.05) is 48.3 Å². The molecule has 0 saturated carbocycles. The summed E-state index contributed by atoms with van der Waals surface area (Å²) >= 11 is 6.76. The third-order valence-electron chi connectivity index (χ3n) is 29.3. The van der Waals surface area contributed by atoms with Crippen LogP contribution in [-0.4, -0.2) is 79.4 Å². The third kappa shape index (κ3) is 34.2. The minimum absolute atomic E-state index is 0.0288. The summed E-state index contributed by atoms with van der Waals surface area (Å²) in [5.74, 6) is 0.998. The molecule has 0 aromatic carbocycles. The molecule has 14 heteroatoms. The molecule has 10 rings (SSSR count). The molecule has 10 nitrogen and oxygen atoms in total. The molecule has 132 heavy (non-hydrogen) atoms. The zero-order chi connectivity index (χ0) is 93.0. The van der Waals surface area contributed by atoms with Crippen LogP contribution in [0, 0.1) is 23.7 Å². The van der Waals surface area contributed by atoms with Crippen LogP contribution in [-0.2, 0) is 19.2 Å². The van der Waals surface area contributed by atoms with Gasteiger partial charge in [-0.3, -0.25) is 29.1 Å². The Hall–Kier alpha value is -6.06. The van der Waals surface area contributed by atoms with E-state index in [1.165, 1.54) is 308 Å². The Labute approximate surface area is 820 Å². The Bertz CT molecular complexity index is 4090. The lowest BCUT2D eigenvalue weighted by atomic mass is 9.93. The first kappa shape index (κ1) is 108. The molecule has 4 amide bonds. The van der Waals surface area contributed by atoms with Gasteiger partial charge in [-0.15, -0.1) is 45.3 Å². The van der Waals surface area contributed by atoms with Gasteiger partial charge >= 0.3 is 0 Å². The van der Waals surface area contributed by atoms with Crippen LogP contribution in [0.2, 0.25) is 0 Å². The van der Waals surface area contributed by atoms with E-state index in [-0.39, 0.29) is 47.3 Å². The highest BCUT2D eigenvalue weighted by Crippen LogP contribution is 2.55. The average Bonchev–Trinajstić information content (AvgIpc) is 1.55. The minimum Gasteiger partial charge on any atom is -0.306 e. The molecule has 0 bridgehead atoms. The molecule has 10 heterocycles. The van der Waals surface area contributed by atoms with Crippen LogP contribution in [0.4, 0.5) is 0 Å². The van der Waals surface area contributed by atoms with Gasteiger partial charge in [0.05, 0.1) is 85.7 Å². The summed E-state index contributed by atoms with van der Waals surface area (Å²) in [7, 11) is 0. The molecule has 730 valence electrons. The number of unbranched alkanes of at least 4 members (excludes halogenated alkanes) is 48. The third-order valence-corrected chi connectivity index (χ3v) is 33.9. The number of carbonyl (C=O) groups is 4. The largest absolute Gasteiger partial charge is 0.306 e. The molecule has 0 saturated heterocycles. The first-order valence-corrected chi connectivity index (χ1v) is 58.8. The number of hydrogen-bond donors (Lipinski definition) is 0. The molecule has 4 atom stereocenters. The molecule has 0 radical (unpaired) electrons. The fraction of sp³-hybridized carbons (Fsp3) is 0.678. The van der Waals surface area contributed by atoms with Crippen LogP contribution < -0.4 is 0 Å². The molecule has 4 aliphatic rings.